The lowest BCUT2D eigenvalue weighted by Gasteiger charge is -2.18. The van der Waals surface area contributed by atoms with E-state index in [1.165, 1.54) is 11.1 Å². The molecule has 0 aliphatic rings. The Labute approximate surface area is 175 Å². The Morgan fingerprint density at radius 3 is 2.41 bits per heavy atom. The molecule has 1 aromatic heterocycles. The van der Waals surface area contributed by atoms with Gasteiger partial charge in [-0.1, -0.05) is 78.1 Å². The number of thiazole rings is 1. The molecule has 0 saturated carbocycles. The predicted octanol–water partition coefficient (Wildman–Crippen LogP) is 6.16. The minimum atomic E-state index is -0.0777. The van der Waals surface area contributed by atoms with E-state index in [0.29, 0.717) is 6.54 Å². The average molecular weight is 399 g/mol. The Hall–Kier alpha value is -3.24. The van der Waals surface area contributed by atoms with Crippen molar-refractivity contribution in [3.8, 4) is 0 Å². The van der Waals surface area contributed by atoms with E-state index in [9.17, 15) is 4.79 Å². The lowest BCUT2D eigenvalue weighted by molar-refractivity contribution is -0.114. The summed E-state index contributed by atoms with van der Waals surface area (Å²) in [6.45, 7) is 4.65. The number of carbonyl (C=O) groups excluding carboxylic acids is 1. The van der Waals surface area contributed by atoms with Gasteiger partial charge < -0.3 is 0 Å². The molecule has 0 unspecified atom stereocenters. The molecule has 0 aliphatic heterocycles. The SMILES string of the molecule is Cc1cc(C)c2sc(N(Cc3ccccc3)C(=O)/C=C/c3ccccc3)nc2c1. The highest BCUT2D eigenvalue weighted by Gasteiger charge is 2.19. The van der Waals surface area contributed by atoms with Gasteiger partial charge in [-0.05, 0) is 48.2 Å². The minimum absolute atomic E-state index is 0.0777. The molecular weight excluding hydrogens is 376 g/mol. The number of rotatable bonds is 5. The molecule has 4 heteroatoms. The maximum Gasteiger partial charge on any atom is 0.253 e. The van der Waals surface area contributed by atoms with Crippen LogP contribution in [-0.2, 0) is 11.3 Å². The summed E-state index contributed by atoms with van der Waals surface area (Å²) >= 11 is 1.57. The molecule has 0 spiro atoms. The Bertz CT molecular complexity index is 1160. The highest BCUT2D eigenvalue weighted by molar-refractivity contribution is 7.22. The number of hydrogen-bond donors (Lipinski definition) is 0. The molecule has 0 fully saturated rings. The van der Waals surface area contributed by atoms with Crippen LogP contribution in [-0.4, -0.2) is 10.9 Å². The number of anilines is 1. The van der Waals surface area contributed by atoms with Gasteiger partial charge in [0.1, 0.15) is 0 Å². The molecule has 1 amide bonds. The number of aromatic nitrogens is 1. The van der Waals surface area contributed by atoms with Crippen LogP contribution in [0.1, 0.15) is 22.3 Å². The number of benzene rings is 3. The van der Waals surface area contributed by atoms with Gasteiger partial charge in [0.15, 0.2) is 5.13 Å². The van der Waals surface area contributed by atoms with Crippen LogP contribution in [0.4, 0.5) is 5.13 Å². The summed E-state index contributed by atoms with van der Waals surface area (Å²) in [4.78, 5) is 19.7. The van der Waals surface area contributed by atoms with Crippen molar-refractivity contribution in [1.82, 2.24) is 4.98 Å². The smallest absolute Gasteiger partial charge is 0.253 e. The van der Waals surface area contributed by atoms with Crippen LogP contribution in [0.5, 0.6) is 0 Å². The molecule has 1 heterocycles. The molecule has 0 bridgehead atoms. The summed E-state index contributed by atoms with van der Waals surface area (Å²) in [6, 6.07) is 24.1. The third kappa shape index (κ3) is 4.44. The van der Waals surface area contributed by atoms with Crippen LogP contribution in [0, 0.1) is 13.8 Å². The standard InChI is InChI=1S/C25H22N2OS/c1-18-15-19(2)24-22(16-18)26-25(29-24)27(17-21-11-7-4-8-12-21)23(28)14-13-20-9-5-3-6-10-20/h3-16H,17H2,1-2H3/b14-13+. The zero-order valence-electron chi connectivity index (χ0n) is 16.5. The van der Waals surface area contributed by atoms with E-state index in [0.717, 1.165) is 26.5 Å². The number of fused-ring (bicyclic) bond motifs is 1. The monoisotopic (exact) mass is 398 g/mol. The summed E-state index contributed by atoms with van der Waals surface area (Å²) < 4.78 is 1.13. The van der Waals surface area contributed by atoms with Crippen LogP contribution >= 0.6 is 11.3 Å². The molecular formula is C25H22N2OS. The fourth-order valence-corrected chi connectivity index (χ4v) is 4.33. The Morgan fingerprint density at radius 1 is 1.00 bits per heavy atom. The minimum Gasteiger partial charge on any atom is -0.280 e. The van der Waals surface area contributed by atoms with Crippen molar-refractivity contribution in [2.75, 3.05) is 4.90 Å². The van der Waals surface area contributed by atoms with Crippen LogP contribution in [0.2, 0.25) is 0 Å². The second-order valence-electron chi connectivity index (χ2n) is 7.08. The van der Waals surface area contributed by atoms with E-state index in [-0.39, 0.29) is 5.91 Å². The van der Waals surface area contributed by atoms with Crippen molar-refractivity contribution < 1.29 is 4.79 Å². The van der Waals surface area contributed by atoms with Crippen molar-refractivity contribution in [3.05, 3.63) is 101 Å². The zero-order valence-corrected chi connectivity index (χ0v) is 17.3. The van der Waals surface area contributed by atoms with E-state index in [2.05, 4.69) is 26.0 Å². The predicted molar refractivity (Wildman–Crippen MR) is 122 cm³/mol. The summed E-state index contributed by atoms with van der Waals surface area (Å²) in [5.41, 5.74) is 5.38. The molecule has 0 N–H and O–H groups in total. The molecule has 3 nitrogen and oxygen atoms in total. The number of hydrogen-bond acceptors (Lipinski definition) is 3. The number of amides is 1. The number of carbonyl (C=O) groups is 1. The van der Waals surface area contributed by atoms with Crippen LogP contribution in [0.15, 0.2) is 78.9 Å². The lowest BCUT2D eigenvalue weighted by atomic mass is 10.1. The third-order valence-corrected chi connectivity index (χ3v) is 5.94. The first-order chi connectivity index (χ1) is 14.1. The van der Waals surface area contributed by atoms with E-state index < -0.39 is 0 Å². The van der Waals surface area contributed by atoms with Crippen molar-refractivity contribution in [2.45, 2.75) is 20.4 Å². The van der Waals surface area contributed by atoms with Gasteiger partial charge in [0, 0.05) is 6.08 Å². The maximum absolute atomic E-state index is 13.2. The molecule has 4 rings (SSSR count). The molecule has 144 valence electrons. The van der Waals surface area contributed by atoms with Crippen LogP contribution in [0.25, 0.3) is 16.3 Å². The van der Waals surface area contributed by atoms with Gasteiger partial charge in [0.2, 0.25) is 0 Å². The highest BCUT2D eigenvalue weighted by atomic mass is 32.1. The first-order valence-corrected chi connectivity index (χ1v) is 10.4. The fourth-order valence-electron chi connectivity index (χ4n) is 3.31. The zero-order chi connectivity index (χ0) is 20.2. The normalized spacial score (nSPS) is 11.2. The van der Waals surface area contributed by atoms with Crippen molar-refractivity contribution >= 4 is 38.7 Å². The quantitative estimate of drug-likeness (QED) is 0.377. The van der Waals surface area contributed by atoms with E-state index >= 15 is 0 Å². The van der Waals surface area contributed by atoms with Crippen molar-refractivity contribution in [1.29, 1.82) is 0 Å². The Morgan fingerprint density at radius 2 is 1.69 bits per heavy atom. The number of aryl methyl sites for hydroxylation is 2. The number of nitrogens with zero attached hydrogens (tertiary/aromatic N) is 2. The Kier molecular flexibility index (Phi) is 5.54. The van der Waals surface area contributed by atoms with Gasteiger partial charge in [-0.25, -0.2) is 4.98 Å². The van der Waals surface area contributed by atoms with Gasteiger partial charge in [-0.3, -0.25) is 9.69 Å². The summed E-state index contributed by atoms with van der Waals surface area (Å²) in [7, 11) is 0. The van der Waals surface area contributed by atoms with Gasteiger partial charge in [0.25, 0.3) is 5.91 Å². The maximum atomic E-state index is 13.2. The van der Waals surface area contributed by atoms with Crippen LogP contribution in [0.3, 0.4) is 0 Å². The first kappa shape index (κ1) is 19.1. The molecule has 0 aliphatic carbocycles. The van der Waals surface area contributed by atoms with E-state index in [1.807, 2.05) is 66.7 Å². The topological polar surface area (TPSA) is 33.2 Å². The molecule has 3 aromatic carbocycles. The average Bonchev–Trinajstić information content (AvgIpc) is 3.16. The fraction of sp³-hybridized carbons (Fsp3) is 0.120. The summed E-state index contributed by atoms with van der Waals surface area (Å²) in [5, 5.41) is 0.722. The second-order valence-corrected chi connectivity index (χ2v) is 8.06. The van der Waals surface area contributed by atoms with Gasteiger partial charge in [0.05, 0.1) is 16.8 Å². The van der Waals surface area contributed by atoms with Crippen molar-refractivity contribution in [3.63, 3.8) is 0 Å². The molecule has 4 aromatic rings. The Balaban J connectivity index is 1.71. The van der Waals surface area contributed by atoms with Gasteiger partial charge in [-0.2, -0.15) is 0 Å². The molecule has 0 radical (unpaired) electrons. The first-order valence-electron chi connectivity index (χ1n) is 9.56. The second kappa shape index (κ2) is 8.41. The summed E-state index contributed by atoms with van der Waals surface area (Å²) in [5.74, 6) is -0.0777. The molecule has 29 heavy (non-hydrogen) atoms. The lowest BCUT2D eigenvalue weighted by Crippen LogP contribution is -2.28. The van der Waals surface area contributed by atoms with E-state index in [4.69, 9.17) is 4.98 Å². The van der Waals surface area contributed by atoms with Gasteiger partial charge in [-0.15, -0.1) is 0 Å². The summed E-state index contributed by atoms with van der Waals surface area (Å²) in [6.07, 6.45) is 3.48. The van der Waals surface area contributed by atoms with Crippen LogP contribution < -0.4 is 4.90 Å². The largest absolute Gasteiger partial charge is 0.280 e. The molecule has 0 atom stereocenters. The van der Waals surface area contributed by atoms with Gasteiger partial charge >= 0.3 is 0 Å². The molecule has 0 saturated heterocycles. The van der Waals surface area contributed by atoms with E-state index in [1.54, 1.807) is 22.3 Å². The third-order valence-electron chi connectivity index (χ3n) is 4.71. The highest BCUT2D eigenvalue weighted by Crippen LogP contribution is 2.33. The van der Waals surface area contributed by atoms with Crippen molar-refractivity contribution in [2.24, 2.45) is 0 Å².